The van der Waals surface area contributed by atoms with Gasteiger partial charge in [0.15, 0.2) is 0 Å². The van der Waals surface area contributed by atoms with E-state index in [2.05, 4.69) is 0 Å². The van der Waals surface area contributed by atoms with E-state index in [1.807, 2.05) is 0 Å². The highest BCUT2D eigenvalue weighted by molar-refractivity contribution is 6.32. The van der Waals surface area contributed by atoms with Gasteiger partial charge in [-0.2, -0.15) is 0 Å². The number of methoxy groups -OCH3 is 1. The fourth-order valence-electron chi connectivity index (χ4n) is 1.52. The summed E-state index contributed by atoms with van der Waals surface area (Å²) in [6, 6.07) is 10.1. The Labute approximate surface area is 114 Å². The molecule has 0 fully saturated rings. The predicted octanol–water partition coefficient (Wildman–Crippen LogP) is 3.71. The molecule has 2 aromatic rings. The Morgan fingerprint density at radius 1 is 1.16 bits per heavy atom. The Kier molecular flexibility index (Phi) is 4.02. The summed E-state index contributed by atoms with van der Waals surface area (Å²) in [6.45, 7) is 0. The Bertz CT molecular complexity index is 613. The van der Waals surface area contributed by atoms with E-state index in [0.717, 1.165) is 6.07 Å². The maximum atomic E-state index is 13.2. The Morgan fingerprint density at radius 2 is 1.89 bits per heavy atom. The van der Waals surface area contributed by atoms with Gasteiger partial charge in [-0.15, -0.1) is 0 Å². The van der Waals surface area contributed by atoms with Gasteiger partial charge in [0, 0.05) is 0 Å². The SMILES string of the molecule is COc1ccc(F)cc1C(=O)Oc1ccccc1Cl. The first-order chi connectivity index (χ1) is 9.11. The van der Waals surface area contributed by atoms with E-state index in [0.29, 0.717) is 5.02 Å². The molecule has 0 aliphatic rings. The van der Waals surface area contributed by atoms with Crippen LogP contribution in [0.25, 0.3) is 0 Å². The normalized spacial score (nSPS) is 10.1. The number of rotatable bonds is 3. The number of hydrogen-bond acceptors (Lipinski definition) is 3. The third kappa shape index (κ3) is 3.03. The minimum atomic E-state index is -0.732. The van der Waals surface area contributed by atoms with Crippen molar-refractivity contribution in [3.05, 3.63) is 58.9 Å². The maximum absolute atomic E-state index is 13.2. The van der Waals surface area contributed by atoms with Crippen LogP contribution in [0.2, 0.25) is 5.02 Å². The van der Waals surface area contributed by atoms with Gasteiger partial charge in [0.2, 0.25) is 0 Å². The molecule has 0 aromatic heterocycles. The second-order valence-electron chi connectivity index (χ2n) is 3.66. The molecule has 0 spiro atoms. The van der Waals surface area contributed by atoms with Crippen molar-refractivity contribution in [3.8, 4) is 11.5 Å². The van der Waals surface area contributed by atoms with E-state index >= 15 is 0 Å². The molecule has 0 atom stereocenters. The van der Waals surface area contributed by atoms with Gasteiger partial charge < -0.3 is 9.47 Å². The van der Waals surface area contributed by atoms with Crippen molar-refractivity contribution >= 4 is 17.6 Å². The third-order valence-corrected chi connectivity index (χ3v) is 2.73. The molecule has 0 aliphatic heterocycles. The van der Waals surface area contributed by atoms with Crippen molar-refractivity contribution in [1.82, 2.24) is 0 Å². The number of carbonyl (C=O) groups is 1. The van der Waals surface area contributed by atoms with E-state index in [4.69, 9.17) is 21.1 Å². The van der Waals surface area contributed by atoms with Crippen LogP contribution in [-0.2, 0) is 0 Å². The summed E-state index contributed by atoms with van der Waals surface area (Å²) in [7, 11) is 1.39. The van der Waals surface area contributed by atoms with E-state index in [1.54, 1.807) is 24.3 Å². The molecule has 0 heterocycles. The molecular weight excluding hydrogens is 271 g/mol. The van der Waals surface area contributed by atoms with Crippen molar-refractivity contribution in [2.24, 2.45) is 0 Å². The third-order valence-electron chi connectivity index (χ3n) is 2.42. The van der Waals surface area contributed by atoms with Gasteiger partial charge in [0.25, 0.3) is 0 Å². The average Bonchev–Trinajstić information content (AvgIpc) is 2.41. The number of para-hydroxylation sites is 1. The summed E-state index contributed by atoms with van der Waals surface area (Å²) in [5.41, 5.74) is 0.00224. The minimum absolute atomic E-state index is 0.00224. The molecule has 0 amide bonds. The molecule has 0 bridgehead atoms. The molecule has 0 aliphatic carbocycles. The van der Waals surface area contributed by atoms with E-state index in [1.165, 1.54) is 19.2 Å². The lowest BCUT2D eigenvalue weighted by Gasteiger charge is -2.09. The van der Waals surface area contributed by atoms with Crippen LogP contribution in [0.15, 0.2) is 42.5 Å². The van der Waals surface area contributed by atoms with Crippen molar-refractivity contribution in [2.45, 2.75) is 0 Å². The van der Waals surface area contributed by atoms with E-state index < -0.39 is 11.8 Å². The van der Waals surface area contributed by atoms with Crippen LogP contribution in [0.4, 0.5) is 4.39 Å². The van der Waals surface area contributed by atoms with Crippen LogP contribution in [-0.4, -0.2) is 13.1 Å². The summed E-state index contributed by atoms with van der Waals surface area (Å²) in [5.74, 6) is -0.838. The highest BCUT2D eigenvalue weighted by Crippen LogP contribution is 2.26. The smallest absolute Gasteiger partial charge is 0.347 e. The van der Waals surface area contributed by atoms with Crippen molar-refractivity contribution in [3.63, 3.8) is 0 Å². The molecule has 2 rings (SSSR count). The lowest BCUT2D eigenvalue weighted by Crippen LogP contribution is -2.10. The molecule has 0 unspecified atom stereocenters. The van der Waals surface area contributed by atoms with Gasteiger partial charge >= 0.3 is 5.97 Å². The number of benzene rings is 2. The van der Waals surface area contributed by atoms with Crippen LogP contribution in [0.3, 0.4) is 0 Å². The highest BCUT2D eigenvalue weighted by Gasteiger charge is 2.16. The molecular formula is C14H10ClFO3. The fraction of sp³-hybridized carbons (Fsp3) is 0.0714. The standard InChI is InChI=1S/C14H10ClFO3/c1-18-12-7-6-9(16)8-10(12)14(17)19-13-5-3-2-4-11(13)15/h2-8H,1H3. The Balaban J connectivity index is 2.30. The zero-order chi connectivity index (χ0) is 13.8. The predicted molar refractivity (Wildman–Crippen MR) is 69.4 cm³/mol. The van der Waals surface area contributed by atoms with Gasteiger partial charge in [-0.05, 0) is 30.3 Å². The quantitative estimate of drug-likeness (QED) is 0.635. The monoisotopic (exact) mass is 280 g/mol. The van der Waals surface area contributed by atoms with E-state index in [-0.39, 0.29) is 17.1 Å². The van der Waals surface area contributed by atoms with Crippen LogP contribution in [0.5, 0.6) is 11.5 Å². The van der Waals surface area contributed by atoms with Crippen molar-refractivity contribution in [1.29, 1.82) is 0 Å². The Morgan fingerprint density at radius 3 is 2.58 bits per heavy atom. The summed E-state index contributed by atoms with van der Waals surface area (Å²) in [5, 5.41) is 0.297. The summed E-state index contributed by atoms with van der Waals surface area (Å²) >= 11 is 5.88. The Hall–Kier alpha value is -2.07. The van der Waals surface area contributed by atoms with Gasteiger partial charge in [-0.1, -0.05) is 23.7 Å². The minimum Gasteiger partial charge on any atom is -0.496 e. The van der Waals surface area contributed by atoms with Gasteiger partial charge in [0.05, 0.1) is 12.1 Å². The first kappa shape index (κ1) is 13.4. The lowest BCUT2D eigenvalue weighted by atomic mass is 10.2. The van der Waals surface area contributed by atoms with Crippen LogP contribution < -0.4 is 9.47 Å². The van der Waals surface area contributed by atoms with E-state index in [9.17, 15) is 9.18 Å². The molecule has 2 aromatic carbocycles. The van der Waals surface area contributed by atoms with Gasteiger partial charge in [0.1, 0.15) is 22.9 Å². The number of halogens is 2. The van der Waals surface area contributed by atoms with Crippen molar-refractivity contribution in [2.75, 3.05) is 7.11 Å². The average molecular weight is 281 g/mol. The number of ether oxygens (including phenoxy) is 2. The first-order valence-corrected chi connectivity index (χ1v) is 5.80. The summed E-state index contributed by atoms with van der Waals surface area (Å²) < 4.78 is 23.3. The fourth-order valence-corrected chi connectivity index (χ4v) is 1.70. The number of hydrogen-bond donors (Lipinski definition) is 0. The molecule has 19 heavy (non-hydrogen) atoms. The maximum Gasteiger partial charge on any atom is 0.347 e. The van der Waals surface area contributed by atoms with Crippen LogP contribution in [0.1, 0.15) is 10.4 Å². The highest BCUT2D eigenvalue weighted by atomic mass is 35.5. The molecule has 3 nitrogen and oxygen atoms in total. The summed E-state index contributed by atoms with van der Waals surface area (Å²) in [4.78, 5) is 12.0. The topological polar surface area (TPSA) is 35.5 Å². The second-order valence-corrected chi connectivity index (χ2v) is 4.07. The lowest BCUT2D eigenvalue weighted by molar-refractivity contribution is 0.0731. The molecule has 5 heteroatoms. The largest absolute Gasteiger partial charge is 0.496 e. The number of carbonyl (C=O) groups excluding carboxylic acids is 1. The molecule has 0 saturated heterocycles. The molecule has 0 N–H and O–H groups in total. The van der Waals surface area contributed by atoms with Gasteiger partial charge in [-0.3, -0.25) is 0 Å². The van der Waals surface area contributed by atoms with Gasteiger partial charge in [-0.25, -0.2) is 9.18 Å². The first-order valence-electron chi connectivity index (χ1n) is 5.42. The summed E-state index contributed by atoms with van der Waals surface area (Å²) in [6.07, 6.45) is 0. The molecule has 0 saturated carbocycles. The van der Waals surface area contributed by atoms with Crippen LogP contribution in [0, 0.1) is 5.82 Å². The number of esters is 1. The van der Waals surface area contributed by atoms with Crippen LogP contribution >= 0.6 is 11.6 Å². The van der Waals surface area contributed by atoms with Crippen molar-refractivity contribution < 1.29 is 18.7 Å². The zero-order valence-corrected chi connectivity index (χ0v) is 10.8. The molecule has 0 radical (unpaired) electrons. The zero-order valence-electron chi connectivity index (χ0n) is 10.0. The second kappa shape index (κ2) is 5.71. The molecule has 98 valence electrons.